The number of nitrogens with one attached hydrogen (secondary N) is 1. The number of hydrogen-bond donors (Lipinski definition) is 1. The Morgan fingerprint density at radius 2 is 1.81 bits per heavy atom. The van der Waals surface area contributed by atoms with Gasteiger partial charge in [-0.2, -0.15) is 0 Å². The largest absolute Gasteiger partial charge is 0.373 e. The Morgan fingerprint density at radius 3 is 2.52 bits per heavy atom. The van der Waals surface area contributed by atoms with Crippen LogP contribution in [0.25, 0.3) is 0 Å². The van der Waals surface area contributed by atoms with Crippen LogP contribution in [0.5, 0.6) is 0 Å². The Kier molecular flexibility index (Phi) is 4.43. The van der Waals surface area contributed by atoms with Crippen LogP contribution in [-0.2, 0) is 23.2 Å². The third kappa shape index (κ3) is 2.78. The molecule has 1 heterocycles. The molecule has 0 atom stereocenters. The predicted octanol–water partition coefficient (Wildman–Crippen LogP) is 3.59. The smallest absolute Gasteiger partial charge is 0.162 e. The second-order valence-electron chi connectivity index (χ2n) is 6.27. The molecule has 0 spiro atoms. The zero-order valence-corrected chi connectivity index (χ0v) is 13.4. The average molecular weight is 289 g/mol. The molecular weight excluding hydrogens is 262 g/mol. The summed E-state index contributed by atoms with van der Waals surface area (Å²) in [4.78, 5) is 9.83. The Bertz CT molecular complexity index is 472. The summed E-state index contributed by atoms with van der Waals surface area (Å²) in [6, 6.07) is 0. The first kappa shape index (κ1) is 14.8. The normalized spacial score (nSPS) is 20.9. The molecule has 21 heavy (non-hydrogen) atoms. The fraction of sp³-hybridized carbons (Fsp3) is 0.765. The van der Waals surface area contributed by atoms with Crippen LogP contribution in [0.4, 0.5) is 5.82 Å². The molecular formula is C17H27N3O. The van der Waals surface area contributed by atoms with Crippen LogP contribution in [0.3, 0.4) is 0 Å². The Labute approximate surface area is 127 Å². The van der Waals surface area contributed by atoms with Crippen LogP contribution in [0.1, 0.15) is 69.0 Å². The summed E-state index contributed by atoms with van der Waals surface area (Å²) in [5.41, 5.74) is 2.33. The summed E-state index contributed by atoms with van der Waals surface area (Å²) in [6.45, 7) is 2.81. The van der Waals surface area contributed by atoms with E-state index in [4.69, 9.17) is 14.7 Å². The second kappa shape index (κ2) is 6.30. The molecule has 1 N–H and O–H groups in total. The second-order valence-corrected chi connectivity index (χ2v) is 6.27. The summed E-state index contributed by atoms with van der Waals surface area (Å²) in [5.74, 6) is 1.95. The van der Waals surface area contributed by atoms with Crippen molar-refractivity contribution in [3.05, 3.63) is 17.1 Å². The van der Waals surface area contributed by atoms with Gasteiger partial charge in [0, 0.05) is 24.9 Å². The molecule has 2 aliphatic rings. The van der Waals surface area contributed by atoms with Crippen LogP contribution < -0.4 is 5.32 Å². The number of aromatic nitrogens is 2. The van der Waals surface area contributed by atoms with Gasteiger partial charge < -0.3 is 10.1 Å². The maximum atomic E-state index is 6.19. The van der Waals surface area contributed by atoms with Gasteiger partial charge in [0.2, 0.25) is 0 Å². The molecule has 0 aromatic carbocycles. The fourth-order valence-corrected chi connectivity index (χ4v) is 3.84. The number of aryl methyl sites for hydroxylation is 1. The van der Waals surface area contributed by atoms with E-state index < -0.39 is 0 Å². The van der Waals surface area contributed by atoms with Crippen molar-refractivity contribution >= 4 is 5.82 Å². The van der Waals surface area contributed by atoms with Crippen LogP contribution in [0.2, 0.25) is 0 Å². The van der Waals surface area contributed by atoms with Gasteiger partial charge in [0.1, 0.15) is 11.4 Å². The van der Waals surface area contributed by atoms with Gasteiger partial charge in [-0.25, -0.2) is 9.97 Å². The van der Waals surface area contributed by atoms with Gasteiger partial charge in [0.25, 0.3) is 0 Å². The molecule has 1 aromatic heterocycles. The van der Waals surface area contributed by atoms with Crippen molar-refractivity contribution in [3.8, 4) is 0 Å². The van der Waals surface area contributed by atoms with E-state index in [-0.39, 0.29) is 5.60 Å². The van der Waals surface area contributed by atoms with Crippen LogP contribution in [0.15, 0.2) is 0 Å². The third-order valence-corrected chi connectivity index (χ3v) is 4.91. The van der Waals surface area contributed by atoms with Crippen LogP contribution in [-0.4, -0.2) is 23.6 Å². The van der Waals surface area contributed by atoms with Gasteiger partial charge in [-0.05, 0) is 45.4 Å². The minimum atomic E-state index is -0.245. The van der Waals surface area contributed by atoms with Crippen molar-refractivity contribution in [2.24, 2.45) is 0 Å². The molecule has 1 saturated carbocycles. The highest BCUT2D eigenvalue weighted by Crippen LogP contribution is 2.40. The minimum Gasteiger partial charge on any atom is -0.373 e. The van der Waals surface area contributed by atoms with E-state index in [0.29, 0.717) is 0 Å². The van der Waals surface area contributed by atoms with E-state index in [2.05, 4.69) is 12.2 Å². The van der Waals surface area contributed by atoms with Crippen molar-refractivity contribution in [2.45, 2.75) is 70.3 Å². The summed E-state index contributed by atoms with van der Waals surface area (Å²) < 4.78 is 6.19. The van der Waals surface area contributed by atoms with E-state index in [0.717, 1.165) is 43.9 Å². The quantitative estimate of drug-likeness (QED) is 0.920. The highest BCUT2D eigenvalue weighted by atomic mass is 16.5. The standard InChI is InChI=1S/C17H27N3O/c1-3-21-17(11-7-4-8-12-17)16-19-14-10-6-5-9-13(14)15(18-2)20-16/h3-12H2,1-2H3,(H,18,19,20). The Hall–Kier alpha value is -1.16. The molecule has 4 nitrogen and oxygen atoms in total. The van der Waals surface area contributed by atoms with Crippen molar-refractivity contribution in [1.29, 1.82) is 0 Å². The van der Waals surface area contributed by atoms with Crippen molar-refractivity contribution < 1.29 is 4.74 Å². The summed E-state index contributed by atoms with van der Waals surface area (Å²) in [5, 5.41) is 3.29. The molecule has 1 aromatic rings. The SMILES string of the molecule is CCOC1(c2nc3c(c(NC)n2)CCCC3)CCCCC1. The van der Waals surface area contributed by atoms with Gasteiger partial charge in [0.05, 0.1) is 0 Å². The van der Waals surface area contributed by atoms with Crippen molar-refractivity contribution in [1.82, 2.24) is 9.97 Å². The van der Waals surface area contributed by atoms with Crippen LogP contribution >= 0.6 is 0 Å². The molecule has 0 amide bonds. The minimum absolute atomic E-state index is 0.245. The maximum absolute atomic E-state index is 6.19. The first-order valence-corrected chi connectivity index (χ1v) is 8.51. The lowest BCUT2D eigenvalue weighted by molar-refractivity contribution is -0.0767. The lowest BCUT2D eigenvalue weighted by atomic mass is 9.83. The Morgan fingerprint density at radius 1 is 1.05 bits per heavy atom. The van der Waals surface area contributed by atoms with Gasteiger partial charge in [-0.1, -0.05) is 19.3 Å². The molecule has 4 heteroatoms. The van der Waals surface area contributed by atoms with E-state index in [1.807, 2.05) is 7.05 Å². The lowest BCUT2D eigenvalue weighted by Crippen LogP contribution is -2.35. The first-order valence-electron chi connectivity index (χ1n) is 8.51. The average Bonchev–Trinajstić information content (AvgIpc) is 2.55. The van der Waals surface area contributed by atoms with Gasteiger partial charge in [-0.3, -0.25) is 0 Å². The zero-order valence-electron chi connectivity index (χ0n) is 13.4. The van der Waals surface area contributed by atoms with E-state index >= 15 is 0 Å². The van der Waals surface area contributed by atoms with E-state index in [1.54, 1.807) is 0 Å². The fourth-order valence-electron chi connectivity index (χ4n) is 3.84. The summed E-state index contributed by atoms with van der Waals surface area (Å²) in [7, 11) is 1.97. The van der Waals surface area contributed by atoms with Gasteiger partial charge in [-0.15, -0.1) is 0 Å². The maximum Gasteiger partial charge on any atom is 0.162 e. The molecule has 0 unspecified atom stereocenters. The molecule has 0 bridgehead atoms. The van der Waals surface area contributed by atoms with Gasteiger partial charge in [0.15, 0.2) is 5.82 Å². The number of rotatable bonds is 4. The molecule has 116 valence electrons. The summed E-state index contributed by atoms with van der Waals surface area (Å²) in [6.07, 6.45) is 10.5. The summed E-state index contributed by atoms with van der Waals surface area (Å²) >= 11 is 0. The molecule has 0 radical (unpaired) electrons. The highest BCUT2D eigenvalue weighted by molar-refractivity contribution is 5.47. The number of nitrogens with zero attached hydrogens (tertiary/aromatic N) is 2. The zero-order chi connectivity index (χ0) is 14.7. The number of fused-ring (bicyclic) bond motifs is 1. The van der Waals surface area contributed by atoms with E-state index in [9.17, 15) is 0 Å². The predicted molar refractivity (Wildman–Crippen MR) is 84.6 cm³/mol. The molecule has 0 saturated heterocycles. The Balaban J connectivity index is 2.03. The molecule has 3 rings (SSSR count). The molecule has 0 aliphatic heterocycles. The van der Waals surface area contributed by atoms with Crippen molar-refractivity contribution in [2.75, 3.05) is 19.0 Å². The number of hydrogen-bond acceptors (Lipinski definition) is 4. The van der Waals surface area contributed by atoms with Gasteiger partial charge >= 0.3 is 0 Å². The lowest BCUT2D eigenvalue weighted by Gasteiger charge is -2.36. The molecule has 2 aliphatic carbocycles. The first-order chi connectivity index (χ1) is 10.3. The third-order valence-electron chi connectivity index (χ3n) is 4.91. The number of ether oxygens (including phenoxy) is 1. The van der Waals surface area contributed by atoms with E-state index in [1.165, 1.54) is 43.4 Å². The van der Waals surface area contributed by atoms with Crippen LogP contribution in [0, 0.1) is 0 Å². The molecule has 1 fully saturated rings. The number of anilines is 1. The van der Waals surface area contributed by atoms with Crippen molar-refractivity contribution in [3.63, 3.8) is 0 Å². The topological polar surface area (TPSA) is 47.0 Å². The highest BCUT2D eigenvalue weighted by Gasteiger charge is 2.38. The monoisotopic (exact) mass is 289 g/mol.